The third-order valence-corrected chi connectivity index (χ3v) is 2.61. The maximum atomic E-state index is 11.6. The molecule has 0 saturated carbocycles. The number of methoxy groups -OCH3 is 1. The number of thioether (sulfide) groups is 1. The molecule has 0 radical (unpaired) electrons. The molecule has 0 aliphatic rings. The molecule has 0 amide bonds. The van der Waals surface area contributed by atoms with E-state index in [0.717, 1.165) is 11.8 Å². The molecule has 0 atom stereocenters. The van der Waals surface area contributed by atoms with E-state index in [0.29, 0.717) is 11.3 Å². The zero-order valence-corrected chi connectivity index (χ0v) is 9.47. The summed E-state index contributed by atoms with van der Waals surface area (Å²) in [4.78, 5) is 22.3. The number of benzene rings is 1. The second-order valence-corrected chi connectivity index (χ2v) is 4.09. The Morgan fingerprint density at radius 3 is 2.73 bits per heavy atom. The van der Waals surface area contributed by atoms with Crippen LogP contribution in [0.3, 0.4) is 0 Å². The van der Waals surface area contributed by atoms with Gasteiger partial charge in [0.2, 0.25) is 0 Å². The highest BCUT2D eigenvalue weighted by Crippen LogP contribution is 2.14. The van der Waals surface area contributed by atoms with Crippen LogP contribution in [0.25, 0.3) is 0 Å². The van der Waals surface area contributed by atoms with Crippen molar-refractivity contribution in [2.45, 2.75) is 6.92 Å². The minimum Gasteiger partial charge on any atom is -0.497 e. The molecule has 80 valence electrons. The lowest BCUT2D eigenvalue weighted by atomic mass is 10.1. The van der Waals surface area contributed by atoms with Gasteiger partial charge in [-0.05, 0) is 12.1 Å². The largest absolute Gasteiger partial charge is 0.497 e. The van der Waals surface area contributed by atoms with Crippen molar-refractivity contribution in [2.24, 2.45) is 0 Å². The molecule has 0 aliphatic heterocycles. The smallest absolute Gasteiger partial charge is 0.186 e. The van der Waals surface area contributed by atoms with Gasteiger partial charge in [-0.3, -0.25) is 9.59 Å². The molecule has 1 aromatic carbocycles. The molecule has 15 heavy (non-hydrogen) atoms. The number of rotatable bonds is 4. The molecule has 0 unspecified atom stereocenters. The van der Waals surface area contributed by atoms with Crippen LogP contribution >= 0.6 is 11.8 Å². The van der Waals surface area contributed by atoms with Crippen molar-refractivity contribution in [3.8, 4) is 5.75 Å². The van der Waals surface area contributed by atoms with E-state index in [1.54, 1.807) is 31.4 Å². The van der Waals surface area contributed by atoms with Gasteiger partial charge in [0.25, 0.3) is 0 Å². The molecule has 0 heterocycles. The SMILES string of the molecule is COc1cccc(C(=O)CSC(C)=O)c1. The van der Waals surface area contributed by atoms with Crippen LogP contribution in [-0.4, -0.2) is 23.8 Å². The summed E-state index contributed by atoms with van der Waals surface area (Å²) >= 11 is 1.02. The number of hydrogen-bond donors (Lipinski definition) is 0. The van der Waals surface area contributed by atoms with Crippen molar-refractivity contribution in [3.05, 3.63) is 29.8 Å². The maximum Gasteiger partial charge on any atom is 0.186 e. The Balaban J connectivity index is 2.69. The Morgan fingerprint density at radius 2 is 2.13 bits per heavy atom. The van der Waals surface area contributed by atoms with Gasteiger partial charge in [0.05, 0.1) is 12.9 Å². The van der Waals surface area contributed by atoms with Crippen molar-refractivity contribution in [3.63, 3.8) is 0 Å². The summed E-state index contributed by atoms with van der Waals surface area (Å²) in [6.45, 7) is 1.45. The first-order valence-electron chi connectivity index (χ1n) is 4.44. The lowest BCUT2D eigenvalue weighted by Gasteiger charge is -2.02. The van der Waals surface area contributed by atoms with Crippen molar-refractivity contribution in [1.82, 2.24) is 0 Å². The molecule has 3 nitrogen and oxygen atoms in total. The van der Waals surface area contributed by atoms with Gasteiger partial charge >= 0.3 is 0 Å². The molecular formula is C11H12O3S. The molecule has 1 rings (SSSR count). The Morgan fingerprint density at radius 1 is 1.40 bits per heavy atom. The first kappa shape index (κ1) is 11.8. The number of ether oxygens (including phenoxy) is 1. The van der Waals surface area contributed by atoms with Gasteiger partial charge in [-0.1, -0.05) is 23.9 Å². The molecule has 0 bridgehead atoms. The third-order valence-electron chi connectivity index (χ3n) is 1.80. The predicted octanol–water partition coefficient (Wildman–Crippen LogP) is 2.16. The van der Waals surface area contributed by atoms with E-state index in [4.69, 9.17) is 4.74 Å². The number of hydrogen-bond acceptors (Lipinski definition) is 4. The minimum absolute atomic E-state index is 0.0498. The fraction of sp³-hybridized carbons (Fsp3) is 0.273. The maximum absolute atomic E-state index is 11.6. The van der Waals surface area contributed by atoms with Crippen LogP contribution < -0.4 is 4.74 Å². The van der Waals surface area contributed by atoms with Crippen LogP contribution in [0, 0.1) is 0 Å². The first-order chi connectivity index (χ1) is 7.13. The molecule has 1 aromatic rings. The van der Waals surface area contributed by atoms with E-state index in [1.807, 2.05) is 0 Å². The van der Waals surface area contributed by atoms with Gasteiger partial charge in [0, 0.05) is 12.5 Å². The summed E-state index contributed by atoms with van der Waals surface area (Å²) in [5, 5.41) is -0.0498. The zero-order chi connectivity index (χ0) is 11.3. The Bertz CT molecular complexity index is 374. The summed E-state index contributed by atoms with van der Waals surface area (Å²) in [5.41, 5.74) is 0.572. The Labute approximate surface area is 92.8 Å². The van der Waals surface area contributed by atoms with Crippen LogP contribution in [0.15, 0.2) is 24.3 Å². The first-order valence-corrected chi connectivity index (χ1v) is 5.42. The molecule has 0 N–H and O–H groups in total. The normalized spacial score (nSPS) is 9.73. The average Bonchev–Trinajstić information content (AvgIpc) is 2.26. The van der Waals surface area contributed by atoms with Crippen LogP contribution in [0.5, 0.6) is 5.75 Å². The number of ketones is 1. The van der Waals surface area contributed by atoms with Gasteiger partial charge in [0.15, 0.2) is 10.9 Å². The number of Topliss-reactive ketones (excluding diaryl/α,β-unsaturated/α-hetero) is 1. The standard InChI is InChI=1S/C11H12O3S/c1-8(12)15-7-11(13)9-4-3-5-10(6-9)14-2/h3-6H,7H2,1-2H3. The monoisotopic (exact) mass is 224 g/mol. The molecular weight excluding hydrogens is 212 g/mol. The van der Waals surface area contributed by atoms with E-state index in [-0.39, 0.29) is 16.7 Å². The van der Waals surface area contributed by atoms with E-state index >= 15 is 0 Å². The highest BCUT2D eigenvalue weighted by Gasteiger charge is 2.08. The van der Waals surface area contributed by atoms with Gasteiger partial charge in [-0.2, -0.15) is 0 Å². The fourth-order valence-electron chi connectivity index (χ4n) is 1.05. The highest BCUT2D eigenvalue weighted by atomic mass is 32.2. The second-order valence-electron chi connectivity index (χ2n) is 2.94. The second kappa shape index (κ2) is 5.56. The number of carbonyl (C=O) groups excluding carboxylic acids is 2. The Hall–Kier alpha value is -1.29. The van der Waals surface area contributed by atoms with Gasteiger partial charge in [0.1, 0.15) is 5.75 Å². The Kier molecular flexibility index (Phi) is 4.37. The van der Waals surface area contributed by atoms with Crippen LogP contribution in [0.1, 0.15) is 17.3 Å². The third kappa shape index (κ3) is 3.75. The van der Waals surface area contributed by atoms with Crippen LogP contribution in [0.2, 0.25) is 0 Å². The van der Waals surface area contributed by atoms with Crippen molar-refractivity contribution >= 4 is 22.7 Å². The van der Waals surface area contributed by atoms with Crippen LogP contribution in [0.4, 0.5) is 0 Å². The van der Waals surface area contributed by atoms with Gasteiger partial charge in [-0.15, -0.1) is 0 Å². The summed E-state index contributed by atoms with van der Waals surface area (Å²) < 4.78 is 5.00. The van der Waals surface area contributed by atoms with E-state index < -0.39 is 0 Å². The molecule has 0 spiro atoms. The van der Waals surface area contributed by atoms with Crippen molar-refractivity contribution < 1.29 is 14.3 Å². The summed E-state index contributed by atoms with van der Waals surface area (Å²) in [7, 11) is 1.55. The lowest BCUT2D eigenvalue weighted by molar-refractivity contribution is -0.109. The topological polar surface area (TPSA) is 43.4 Å². The van der Waals surface area contributed by atoms with Crippen LogP contribution in [-0.2, 0) is 4.79 Å². The highest BCUT2D eigenvalue weighted by molar-refractivity contribution is 8.14. The predicted molar refractivity (Wildman–Crippen MR) is 60.5 cm³/mol. The summed E-state index contributed by atoms with van der Waals surface area (Å²) in [5.74, 6) is 0.769. The van der Waals surface area contributed by atoms with Gasteiger partial charge < -0.3 is 4.74 Å². The minimum atomic E-state index is -0.0610. The number of carbonyl (C=O) groups is 2. The quantitative estimate of drug-likeness (QED) is 0.735. The molecule has 0 aromatic heterocycles. The fourth-order valence-corrected chi connectivity index (χ4v) is 1.55. The lowest BCUT2D eigenvalue weighted by Crippen LogP contribution is -2.04. The summed E-state index contributed by atoms with van der Waals surface area (Å²) in [6, 6.07) is 6.91. The molecule has 0 saturated heterocycles. The average molecular weight is 224 g/mol. The van der Waals surface area contributed by atoms with E-state index in [2.05, 4.69) is 0 Å². The molecule has 0 aliphatic carbocycles. The van der Waals surface area contributed by atoms with Gasteiger partial charge in [-0.25, -0.2) is 0 Å². The molecule has 4 heteroatoms. The van der Waals surface area contributed by atoms with E-state index in [9.17, 15) is 9.59 Å². The van der Waals surface area contributed by atoms with E-state index in [1.165, 1.54) is 6.92 Å². The molecule has 0 fully saturated rings. The zero-order valence-electron chi connectivity index (χ0n) is 8.65. The summed E-state index contributed by atoms with van der Waals surface area (Å²) in [6.07, 6.45) is 0. The van der Waals surface area contributed by atoms with Crippen molar-refractivity contribution in [1.29, 1.82) is 0 Å². The van der Waals surface area contributed by atoms with Crippen molar-refractivity contribution in [2.75, 3.05) is 12.9 Å².